The standard InChI is InChI=1S/C4H7NO3S/c1-2(3(6)7)9-4(5)8/h2H,1H3,(H2,5,8)(H,6,7)/t2-/m0/s1. The van der Waals surface area contributed by atoms with E-state index in [-0.39, 0.29) is 0 Å². The third-order valence-corrected chi connectivity index (χ3v) is 1.43. The second-order valence-corrected chi connectivity index (χ2v) is 2.76. The Morgan fingerprint density at radius 1 is 1.67 bits per heavy atom. The molecule has 0 aromatic carbocycles. The van der Waals surface area contributed by atoms with Gasteiger partial charge in [-0.2, -0.15) is 0 Å². The van der Waals surface area contributed by atoms with Gasteiger partial charge < -0.3 is 10.8 Å². The Kier molecular flexibility index (Phi) is 3.08. The van der Waals surface area contributed by atoms with Crippen molar-refractivity contribution in [2.24, 2.45) is 5.73 Å². The van der Waals surface area contributed by atoms with Crippen LogP contribution in [0, 0.1) is 0 Å². The maximum absolute atomic E-state index is 10.0. The molecule has 0 radical (unpaired) electrons. The van der Waals surface area contributed by atoms with Gasteiger partial charge in [-0.3, -0.25) is 9.59 Å². The average molecular weight is 149 g/mol. The molecule has 0 heterocycles. The van der Waals surface area contributed by atoms with Gasteiger partial charge in [0.1, 0.15) is 5.25 Å². The summed E-state index contributed by atoms with van der Waals surface area (Å²) in [5.74, 6) is -1.03. The van der Waals surface area contributed by atoms with Crippen LogP contribution < -0.4 is 5.73 Å². The van der Waals surface area contributed by atoms with E-state index in [2.05, 4.69) is 0 Å². The number of aliphatic carboxylic acids is 1. The highest BCUT2D eigenvalue weighted by Crippen LogP contribution is 2.08. The predicted octanol–water partition coefficient (Wildman–Crippen LogP) is 0.271. The van der Waals surface area contributed by atoms with Gasteiger partial charge >= 0.3 is 5.97 Å². The fourth-order valence-corrected chi connectivity index (χ4v) is 0.674. The van der Waals surface area contributed by atoms with Crippen molar-refractivity contribution in [3.8, 4) is 0 Å². The van der Waals surface area contributed by atoms with Gasteiger partial charge in [-0.05, 0) is 6.92 Å². The van der Waals surface area contributed by atoms with Gasteiger partial charge in [-0.15, -0.1) is 0 Å². The molecule has 0 rings (SSSR count). The van der Waals surface area contributed by atoms with E-state index in [1.807, 2.05) is 0 Å². The van der Waals surface area contributed by atoms with Crippen molar-refractivity contribution < 1.29 is 14.7 Å². The third-order valence-electron chi connectivity index (χ3n) is 0.641. The van der Waals surface area contributed by atoms with Gasteiger partial charge in [0.15, 0.2) is 0 Å². The summed E-state index contributed by atoms with van der Waals surface area (Å²) in [7, 11) is 0. The average Bonchev–Trinajstić information content (AvgIpc) is 1.63. The first-order chi connectivity index (χ1) is 4.04. The van der Waals surface area contributed by atoms with Gasteiger partial charge in [0.2, 0.25) is 0 Å². The lowest BCUT2D eigenvalue weighted by Crippen LogP contribution is -2.16. The number of hydrogen-bond donors (Lipinski definition) is 2. The summed E-state index contributed by atoms with van der Waals surface area (Å²) >= 11 is 0.602. The minimum Gasteiger partial charge on any atom is -0.480 e. The summed E-state index contributed by atoms with van der Waals surface area (Å²) in [4.78, 5) is 20.0. The van der Waals surface area contributed by atoms with Crippen LogP contribution in [0.1, 0.15) is 6.92 Å². The second kappa shape index (κ2) is 3.34. The monoisotopic (exact) mass is 149 g/mol. The number of thioether (sulfide) groups is 1. The van der Waals surface area contributed by atoms with E-state index in [1.54, 1.807) is 0 Å². The van der Waals surface area contributed by atoms with Crippen molar-refractivity contribution in [1.29, 1.82) is 0 Å². The van der Waals surface area contributed by atoms with Crippen molar-refractivity contribution in [3.05, 3.63) is 0 Å². The molecule has 5 heteroatoms. The maximum atomic E-state index is 10.0. The molecule has 9 heavy (non-hydrogen) atoms. The van der Waals surface area contributed by atoms with Gasteiger partial charge in [-0.25, -0.2) is 0 Å². The first kappa shape index (κ1) is 8.29. The quantitative estimate of drug-likeness (QED) is 0.590. The molecule has 0 aromatic rings. The van der Waals surface area contributed by atoms with Crippen LogP contribution in [0.2, 0.25) is 0 Å². The van der Waals surface area contributed by atoms with E-state index < -0.39 is 16.5 Å². The normalized spacial score (nSPS) is 12.6. The molecule has 0 aliphatic rings. The molecule has 0 aliphatic carbocycles. The molecule has 3 N–H and O–H groups in total. The zero-order valence-corrected chi connectivity index (χ0v) is 5.64. The van der Waals surface area contributed by atoms with Gasteiger partial charge in [0.05, 0.1) is 0 Å². The zero-order valence-electron chi connectivity index (χ0n) is 4.83. The lowest BCUT2D eigenvalue weighted by atomic mass is 10.5. The summed E-state index contributed by atoms with van der Waals surface area (Å²) < 4.78 is 0. The van der Waals surface area contributed by atoms with E-state index >= 15 is 0 Å². The molecule has 0 fully saturated rings. The molecule has 4 nitrogen and oxygen atoms in total. The number of carboxylic acids is 1. The maximum Gasteiger partial charge on any atom is 0.316 e. The first-order valence-corrected chi connectivity index (χ1v) is 3.11. The van der Waals surface area contributed by atoms with E-state index in [0.29, 0.717) is 11.8 Å². The fourth-order valence-electron chi connectivity index (χ4n) is 0.225. The highest BCUT2D eigenvalue weighted by molar-refractivity contribution is 8.14. The number of hydrogen-bond acceptors (Lipinski definition) is 3. The Hall–Kier alpha value is -0.710. The molecular formula is C4H7NO3S. The van der Waals surface area contributed by atoms with Crippen molar-refractivity contribution >= 4 is 23.0 Å². The minimum atomic E-state index is -1.03. The number of carbonyl (C=O) groups excluding carboxylic acids is 1. The van der Waals surface area contributed by atoms with Gasteiger partial charge in [0.25, 0.3) is 5.24 Å². The van der Waals surface area contributed by atoms with Crippen LogP contribution >= 0.6 is 11.8 Å². The van der Waals surface area contributed by atoms with E-state index in [4.69, 9.17) is 10.8 Å². The summed E-state index contributed by atoms with van der Waals surface area (Å²) in [6.07, 6.45) is 0. The highest BCUT2D eigenvalue weighted by atomic mass is 32.2. The summed E-state index contributed by atoms with van der Waals surface area (Å²) in [6.45, 7) is 1.40. The Morgan fingerprint density at radius 2 is 2.11 bits per heavy atom. The van der Waals surface area contributed by atoms with Crippen molar-refractivity contribution in [1.82, 2.24) is 0 Å². The lowest BCUT2D eigenvalue weighted by molar-refractivity contribution is -0.136. The molecule has 0 saturated carbocycles. The number of carbonyl (C=O) groups is 2. The Labute approximate surface area is 56.4 Å². The second-order valence-electron chi connectivity index (χ2n) is 1.42. The summed E-state index contributed by atoms with van der Waals surface area (Å²) in [5, 5.41) is 6.79. The van der Waals surface area contributed by atoms with Crippen LogP contribution in [0.15, 0.2) is 0 Å². The minimum absolute atomic E-state index is 0.602. The van der Waals surface area contributed by atoms with Crippen LogP contribution in [-0.2, 0) is 4.79 Å². The van der Waals surface area contributed by atoms with Crippen molar-refractivity contribution in [2.75, 3.05) is 0 Å². The molecular weight excluding hydrogens is 142 g/mol. The summed E-state index contributed by atoms with van der Waals surface area (Å²) in [6, 6.07) is 0. The molecule has 0 spiro atoms. The van der Waals surface area contributed by atoms with E-state index in [0.717, 1.165) is 0 Å². The largest absolute Gasteiger partial charge is 0.480 e. The van der Waals surface area contributed by atoms with Crippen molar-refractivity contribution in [3.63, 3.8) is 0 Å². The number of rotatable bonds is 2. The number of carboxylic acid groups (broad SMARTS) is 1. The Balaban J connectivity index is 3.63. The molecule has 1 amide bonds. The number of amides is 1. The van der Waals surface area contributed by atoms with Crippen LogP contribution in [-0.4, -0.2) is 21.6 Å². The molecule has 1 atom stereocenters. The third kappa shape index (κ3) is 3.84. The van der Waals surface area contributed by atoms with Crippen molar-refractivity contribution in [2.45, 2.75) is 12.2 Å². The predicted molar refractivity (Wildman–Crippen MR) is 34.3 cm³/mol. The Bertz CT molecular complexity index is 136. The lowest BCUT2D eigenvalue weighted by Gasteiger charge is -1.98. The van der Waals surface area contributed by atoms with Gasteiger partial charge in [0, 0.05) is 0 Å². The number of primary amides is 1. The first-order valence-electron chi connectivity index (χ1n) is 2.23. The fraction of sp³-hybridized carbons (Fsp3) is 0.500. The molecule has 0 saturated heterocycles. The molecule has 0 bridgehead atoms. The molecule has 0 unspecified atom stereocenters. The van der Waals surface area contributed by atoms with Gasteiger partial charge in [-0.1, -0.05) is 11.8 Å². The number of nitrogens with two attached hydrogens (primary N) is 1. The smallest absolute Gasteiger partial charge is 0.316 e. The zero-order chi connectivity index (χ0) is 7.44. The Morgan fingerprint density at radius 3 is 2.22 bits per heavy atom. The molecule has 0 aliphatic heterocycles. The van der Waals surface area contributed by atoms with E-state index in [1.165, 1.54) is 6.92 Å². The highest BCUT2D eigenvalue weighted by Gasteiger charge is 2.13. The van der Waals surface area contributed by atoms with Crippen LogP contribution in [0.4, 0.5) is 4.79 Å². The SMILES string of the molecule is C[C@H](SC(N)=O)C(=O)O. The summed E-state index contributed by atoms with van der Waals surface area (Å²) in [5.41, 5.74) is 4.69. The van der Waals surface area contributed by atoms with Crippen LogP contribution in [0.25, 0.3) is 0 Å². The van der Waals surface area contributed by atoms with E-state index in [9.17, 15) is 9.59 Å². The van der Waals surface area contributed by atoms with Crippen LogP contribution in [0.3, 0.4) is 0 Å². The molecule has 52 valence electrons. The van der Waals surface area contributed by atoms with Crippen LogP contribution in [0.5, 0.6) is 0 Å². The topological polar surface area (TPSA) is 80.4 Å². The molecule has 0 aromatic heterocycles.